The van der Waals surface area contributed by atoms with Crippen molar-refractivity contribution in [3.8, 4) is 12.3 Å². The number of para-hydroxylation sites is 1. The normalized spacial score (nSPS) is 19.9. The number of Topliss-reactive ketones (excluding diaryl/α,β-unsaturated/α-hetero) is 1. The standard InChI is InChI=1S/C32H32FN7O2/c1-6-20-15-21-17-35-31(36-22-11-12-26(24(33)16-22)39-14-13-34-19(2)18-39)37-29(21)40(30(20)42)28-27(41)23-9-7-8-10-25(23)38(5)32(28,3)4/h1,7-12,15-17,19,28,34H,13-14,18H2,2-5H3,(H,35,36,37). The number of ketones is 1. The number of hydrogen-bond donors (Lipinski definition) is 2. The highest BCUT2D eigenvalue weighted by molar-refractivity contribution is 6.07. The van der Waals surface area contributed by atoms with E-state index in [-0.39, 0.29) is 34.8 Å². The lowest BCUT2D eigenvalue weighted by Gasteiger charge is -2.47. The molecular weight excluding hydrogens is 533 g/mol. The lowest BCUT2D eigenvalue weighted by Crippen LogP contribution is -2.56. The SMILES string of the molecule is C#Cc1cc2cnc(Nc3ccc(N4CCNC(C)C4)c(F)c3)nc2n(C2C(=O)c3ccccc3N(C)C2(C)C)c1=O. The van der Waals surface area contributed by atoms with Crippen molar-refractivity contribution in [3.63, 3.8) is 0 Å². The van der Waals surface area contributed by atoms with Crippen molar-refractivity contribution >= 4 is 39.8 Å². The van der Waals surface area contributed by atoms with Crippen LogP contribution in [-0.2, 0) is 0 Å². The smallest absolute Gasteiger partial charge is 0.268 e. The van der Waals surface area contributed by atoms with Gasteiger partial charge in [-0.25, -0.2) is 9.37 Å². The van der Waals surface area contributed by atoms with Gasteiger partial charge in [-0.2, -0.15) is 4.98 Å². The van der Waals surface area contributed by atoms with Gasteiger partial charge in [0.25, 0.3) is 5.56 Å². The number of anilines is 4. The molecule has 4 heterocycles. The molecule has 10 heteroatoms. The number of hydrogen-bond acceptors (Lipinski definition) is 8. The molecule has 0 saturated carbocycles. The van der Waals surface area contributed by atoms with Crippen molar-refractivity contribution in [2.45, 2.75) is 38.4 Å². The second kappa shape index (κ2) is 10.3. The number of aromatic nitrogens is 3. The molecule has 1 fully saturated rings. The van der Waals surface area contributed by atoms with Gasteiger partial charge in [0.1, 0.15) is 17.5 Å². The Morgan fingerprint density at radius 2 is 1.93 bits per heavy atom. The van der Waals surface area contributed by atoms with Crippen LogP contribution in [0.25, 0.3) is 11.0 Å². The van der Waals surface area contributed by atoms with Gasteiger partial charge in [0.05, 0.1) is 16.8 Å². The van der Waals surface area contributed by atoms with Gasteiger partial charge in [0.2, 0.25) is 5.95 Å². The summed E-state index contributed by atoms with van der Waals surface area (Å²) in [7, 11) is 1.90. The second-order valence-electron chi connectivity index (χ2n) is 11.4. The number of terminal acetylenes is 1. The third-order valence-electron chi connectivity index (χ3n) is 8.41. The number of likely N-dealkylation sites (N-methyl/N-ethyl adjacent to an activating group) is 1. The van der Waals surface area contributed by atoms with Crippen LogP contribution in [0.2, 0.25) is 0 Å². The van der Waals surface area contributed by atoms with Crippen LogP contribution in [0.5, 0.6) is 0 Å². The van der Waals surface area contributed by atoms with Gasteiger partial charge in [-0.3, -0.25) is 14.2 Å². The van der Waals surface area contributed by atoms with Crippen molar-refractivity contribution in [2.75, 3.05) is 41.8 Å². The largest absolute Gasteiger partial charge is 0.366 e. The summed E-state index contributed by atoms with van der Waals surface area (Å²) in [5.41, 5.74) is 1.34. The van der Waals surface area contributed by atoms with Crippen LogP contribution in [0.3, 0.4) is 0 Å². The van der Waals surface area contributed by atoms with Crippen LogP contribution >= 0.6 is 0 Å². The van der Waals surface area contributed by atoms with E-state index in [2.05, 4.69) is 33.4 Å². The van der Waals surface area contributed by atoms with Crippen LogP contribution in [0.15, 0.2) is 59.5 Å². The molecule has 214 valence electrons. The molecule has 2 aromatic heterocycles. The van der Waals surface area contributed by atoms with E-state index in [1.165, 1.54) is 10.6 Å². The molecule has 1 saturated heterocycles. The van der Waals surface area contributed by atoms with E-state index in [4.69, 9.17) is 6.42 Å². The van der Waals surface area contributed by atoms with Gasteiger partial charge < -0.3 is 20.4 Å². The Hall–Kier alpha value is -4.75. The third kappa shape index (κ3) is 4.46. The number of nitrogens with zero attached hydrogens (tertiary/aromatic N) is 5. The summed E-state index contributed by atoms with van der Waals surface area (Å²) in [6.45, 7) is 8.12. The van der Waals surface area contributed by atoms with Gasteiger partial charge in [-0.1, -0.05) is 18.1 Å². The fourth-order valence-electron chi connectivity index (χ4n) is 6.01. The molecule has 4 aromatic rings. The number of halogens is 1. The van der Waals surface area contributed by atoms with Gasteiger partial charge in [0.15, 0.2) is 5.78 Å². The minimum absolute atomic E-state index is 0.108. The number of rotatable bonds is 4. The number of carbonyl (C=O) groups is 1. The molecule has 2 atom stereocenters. The number of benzene rings is 2. The first-order valence-corrected chi connectivity index (χ1v) is 13.9. The topological polar surface area (TPSA) is 95.4 Å². The Kier molecular flexibility index (Phi) is 6.70. The zero-order valence-corrected chi connectivity index (χ0v) is 24.0. The predicted octanol–water partition coefficient (Wildman–Crippen LogP) is 4.11. The quantitative estimate of drug-likeness (QED) is 0.357. The Balaban J connectivity index is 1.43. The lowest BCUT2D eigenvalue weighted by molar-refractivity contribution is 0.0859. The zero-order valence-electron chi connectivity index (χ0n) is 24.0. The van der Waals surface area contributed by atoms with Crippen LogP contribution in [0, 0.1) is 18.2 Å². The maximum atomic E-state index is 15.2. The Morgan fingerprint density at radius 1 is 1.14 bits per heavy atom. The van der Waals surface area contributed by atoms with E-state index >= 15 is 4.39 Å². The molecule has 2 unspecified atom stereocenters. The van der Waals surface area contributed by atoms with Gasteiger partial charge in [-0.15, -0.1) is 6.42 Å². The van der Waals surface area contributed by atoms with Crippen molar-refractivity contribution in [1.29, 1.82) is 0 Å². The second-order valence-corrected chi connectivity index (χ2v) is 11.4. The predicted molar refractivity (Wildman–Crippen MR) is 163 cm³/mol. The van der Waals surface area contributed by atoms with Gasteiger partial charge in [0, 0.05) is 61.2 Å². The highest BCUT2D eigenvalue weighted by atomic mass is 19.1. The fraction of sp³-hybridized carbons (Fsp3) is 0.312. The van der Waals surface area contributed by atoms with Gasteiger partial charge in [-0.05, 0) is 57.2 Å². The minimum atomic E-state index is -0.929. The Labute approximate surface area is 243 Å². The van der Waals surface area contributed by atoms with E-state index in [0.717, 1.165) is 18.8 Å². The summed E-state index contributed by atoms with van der Waals surface area (Å²) in [5.74, 6) is 2.04. The monoisotopic (exact) mass is 565 g/mol. The van der Waals surface area contributed by atoms with Crippen LogP contribution in [0.4, 0.5) is 27.4 Å². The molecular formula is C32H32FN7O2. The van der Waals surface area contributed by atoms with E-state index < -0.39 is 17.1 Å². The highest BCUT2D eigenvalue weighted by Gasteiger charge is 2.47. The number of fused-ring (bicyclic) bond motifs is 2. The first-order valence-electron chi connectivity index (χ1n) is 13.9. The summed E-state index contributed by atoms with van der Waals surface area (Å²) in [5, 5.41) is 6.94. The molecule has 0 bridgehead atoms. The highest BCUT2D eigenvalue weighted by Crippen LogP contribution is 2.42. The molecule has 6 rings (SSSR count). The van der Waals surface area contributed by atoms with E-state index in [9.17, 15) is 9.59 Å². The summed E-state index contributed by atoms with van der Waals surface area (Å²) >= 11 is 0. The number of nitrogens with one attached hydrogen (secondary N) is 2. The Bertz CT molecular complexity index is 1830. The molecule has 2 aliphatic heterocycles. The van der Waals surface area contributed by atoms with E-state index in [1.54, 1.807) is 36.5 Å². The summed E-state index contributed by atoms with van der Waals surface area (Å²) in [6, 6.07) is 13.1. The van der Waals surface area contributed by atoms with Crippen molar-refractivity contribution < 1.29 is 9.18 Å². The van der Waals surface area contributed by atoms with Crippen molar-refractivity contribution in [3.05, 3.63) is 82.0 Å². The average molecular weight is 566 g/mol. The summed E-state index contributed by atoms with van der Waals surface area (Å²) in [4.78, 5) is 40.9. The molecule has 42 heavy (non-hydrogen) atoms. The number of carbonyl (C=O) groups excluding carboxylic acids is 1. The zero-order chi connectivity index (χ0) is 29.8. The lowest BCUT2D eigenvalue weighted by atomic mass is 9.81. The number of pyridine rings is 1. The van der Waals surface area contributed by atoms with Gasteiger partial charge >= 0.3 is 0 Å². The molecule has 2 N–H and O–H groups in total. The molecule has 0 spiro atoms. The molecule has 9 nitrogen and oxygen atoms in total. The maximum Gasteiger partial charge on any atom is 0.268 e. The first-order chi connectivity index (χ1) is 20.1. The summed E-state index contributed by atoms with van der Waals surface area (Å²) < 4.78 is 16.6. The van der Waals surface area contributed by atoms with Crippen LogP contribution in [-0.4, -0.2) is 58.6 Å². The Morgan fingerprint density at radius 3 is 2.67 bits per heavy atom. The average Bonchev–Trinajstić information content (AvgIpc) is 2.97. The molecule has 2 aliphatic rings. The van der Waals surface area contributed by atoms with E-state index in [1.807, 2.05) is 42.8 Å². The molecule has 0 radical (unpaired) electrons. The molecule has 2 aromatic carbocycles. The van der Waals surface area contributed by atoms with E-state index in [0.29, 0.717) is 28.9 Å². The van der Waals surface area contributed by atoms with Crippen molar-refractivity contribution in [2.24, 2.45) is 0 Å². The minimum Gasteiger partial charge on any atom is -0.366 e. The summed E-state index contributed by atoms with van der Waals surface area (Å²) in [6.07, 6.45) is 7.26. The fourth-order valence-corrected chi connectivity index (χ4v) is 6.01. The molecule has 0 amide bonds. The third-order valence-corrected chi connectivity index (χ3v) is 8.41. The van der Waals surface area contributed by atoms with Crippen molar-refractivity contribution in [1.82, 2.24) is 19.9 Å². The first kappa shape index (κ1) is 27.4. The maximum absolute atomic E-state index is 15.2. The molecule has 0 aliphatic carbocycles. The van der Waals surface area contributed by atoms with Crippen LogP contribution in [0.1, 0.15) is 42.7 Å². The number of piperazine rings is 1. The van der Waals surface area contributed by atoms with Crippen LogP contribution < -0.4 is 26.0 Å².